The second-order valence-corrected chi connectivity index (χ2v) is 4.17. The van der Waals surface area contributed by atoms with Crippen molar-refractivity contribution in [3.05, 3.63) is 70.5 Å². The largest absolute Gasteiger partial charge is 0.207 e. The van der Waals surface area contributed by atoms with Gasteiger partial charge >= 0.3 is 0 Å². The molecule has 0 saturated heterocycles. The first-order valence-corrected chi connectivity index (χ1v) is 5.70. The Morgan fingerprint density at radius 2 is 1.89 bits per heavy atom. The van der Waals surface area contributed by atoms with Gasteiger partial charge < -0.3 is 0 Å². The lowest BCUT2D eigenvalue weighted by Crippen LogP contribution is -1.83. The maximum Gasteiger partial charge on any atom is 0.123 e. The number of hydrogen-bond acceptors (Lipinski definition) is 1. The van der Waals surface area contributed by atoms with E-state index in [0.717, 1.165) is 5.56 Å². The molecule has 0 bridgehead atoms. The fourth-order valence-electron chi connectivity index (χ4n) is 1.56. The summed E-state index contributed by atoms with van der Waals surface area (Å²) in [6, 6.07) is 15.1. The third-order valence-electron chi connectivity index (χ3n) is 2.44. The number of rotatable bonds is 2. The van der Waals surface area contributed by atoms with Gasteiger partial charge in [0.1, 0.15) is 5.82 Å². The van der Waals surface area contributed by atoms with Gasteiger partial charge in [-0.2, -0.15) is 5.26 Å². The molecule has 0 amide bonds. The van der Waals surface area contributed by atoms with E-state index in [2.05, 4.69) is 6.07 Å². The molecule has 0 fully saturated rings. The van der Waals surface area contributed by atoms with Crippen LogP contribution in [0.15, 0.2) is 48.5 Å². The number of halogens is 2. The Labute approximate surface area is 110 Å². The van der Waals surface area contributed by atoms with Gasteiger partial charge in [-0.3, -0.25) is 0 Å². The molecule has 0 atom stereocenters. The summed E-state index contributed by atoms with van der Waals surface area (Å²) >= 11 is 5.78. The van der Waals surface area contributed by atoms with Crippen LogP contribution in [0.1, 0.15) is 11.1 Å². The highest BCUT2D eigenvalue weighted by Gasteiger charge is 2.02. The molecule has 2 aromatic carbocycles. The number of benzene rings is 2. The predicted molar refractivity (Wildman–Crippen MR) is 71.3 cm³/mol. The average Bonchev–Trinajstić information content (AvgIpc) is 2.38. The highest BCUT2D eigenvalue weighted by Crippen LogP contribution is 2.19. The van der Waals surface area contributed by atoms with Crippen LogP contribution in [0, 0.1) is 17.1 Å². The van der Waals surface area contributed by atoms with E-state index < -0.39 is 0 Å². The van der Waals surface area contributed by atoms with Crippen LogP contribution < -0.4 is 0 Å². The van der Waals surface area contributed by atoms with Crippen LogP contribution >= 0.6 is 11.6 Å². The average molecular weight is 258 g/mol. The highest BCUT2D eigenvalue weighted by atomic mass is 35.5. The molecule has 1 nitrogen and oxygen atoms in total. The van der Waals surface area contributed by atoms with E-state index in [0.29, 0.717) is 16.2 Å². The molecule has 0 aliphatic heterocycles. The van der Waals surface area contributed by atoms with E-state index in [1.165, 1.54) is 12.1 Å². The maximum absolute atomic E-state index is 13.1. The number of nitriles is 1. The summed E-state index contributed by atoms with van der Waals surface area (Å²) in [4.78, 5) is 0. The third-order valence-corrected chi connectivity index (χ3v) is 2.69. The summed E-state index contributed by atoms with van der Waals surface area (Å²) in [7, 11) is 0. The summed E-state index contributed by atoms with van der Waals surface area (Å²) in [6.45, 7) is 0. The van der Waals surface area contributed by atoms with Gasteiger partial charge in [-0.25, -0.2) is 4.39 Å². The van der Waals surface area contributed by atoms with Gasteiger partial charge in [0.2, 0.25) is 0 Å². The Balaban J connectivity index is 2.40. The van der Waals surface area contributed by atoms with E-state index >= 15 is 0 Å². The molecule has 2 rings (SSSR count). The summed E-state index contributed by atoms with van der Waals surface area (Å²) < 4.78 is 13.1. The molecule has 0 aliphatic carbocycles. The predicted octanol–water partition coefficient (Wildman–Crippen LogP) is 4.54. The molecular weight excluding hydrogens is 249 g/mol. The molecule has 0 aromatic heterocycles. The summed E-state index contributed by atoms with van der Waals surface area (Å²) in [6.07, 6.45) is 1.70. The van der Waals surface area contributed by atoms with Crippen molar-refractivity contribution in [2.24, 2.45) is 0 Å². The van der Waals surface area contributed by atoms with Crippen molar-refractivity contribution >= 4 is 23.3 Å². The number of allylic oxidation sites excluding steroid dienone is 1. The SMILES string of the molecule is N#C/C(=C/c1ccc(Cl)cc1)c1cccc(F)c1. The van der Waals surface area contributed by atoms with E-state index in [1.54, 1.807) is 42.5 Å². The number of hydrogen-bond donors (Lipinski definition) is 0. The van der Waals surface area contributed by atoms with Crippen LogP contribution in [0.2, 0.25) is 5.02 Å². The lowest BCUT2D eigenvalue weighted by Gasteiger charge is -2.00. The van der Waals surface area contributed by atoms with E-state index in [4.69, 9.17) is 16.9 Å². The van der Waals surface area contributed by atoms with Crippen LogP contribution in [-0.2, 0) is 0 Å². The van der Waals surface area contributed by atoms with E-state index in [-0.39, 0.29) is 5.82 Å². The topological polar surface area (TPSA) is 23.8 Å². The van der Waals surface area contributed by atoms with Crippen LogP contribution in [0.25, 0.3) is 11.6 Å². The maximum atomic E-state index is 13.1. The second kappa shape index (κ2) is 5.48. The molecule has 18 heavy (non-hydrogen) atoms. The zero-order valence-corrected chi connectivity index (χ0v) is 10.2. The molecule has 0 heterocycles. The molecule has 88 valence electrons. The molecule has 3 heteroatoms. The van der Waals surface area contributed by atoms with Gasteiger partial charge in [0.05, 0.1) is 11.6 Å². The molecule has 2 aromatic rings. The van der Waals surface area contributed by atoms with Crippen molar-refractivity contribution in [1.29, 1.82) is 5.26 Å². The second-order valence-electron chi connectivity index (χ2n) is 3.73. The van der Waals surface area contributed by atoms with Crippen LogP contribution in [0.4, 0.5) is 4.39 Å². The van der Waals surface area contributed by atoms with E-state index in [9.17, 15) is 4.39 Å². The molecule has 0 N–H and O–H groups in total. The van der Waals surface area contributed by atoms with Crippen molar-refractivity contribution in [2.75, 3.05) is 0 Å². The minimum absolute atomic E-state index is 0.357. The molecule has 0 radical (unpaired) electrons. The van der Waals surface area contributed by atoms with Crippen LogP contribution in [0.5, 0.6) is 0 Å². The smallest absolute Gasteiger partial charge is 0.123 e. The molecule has 0 saturated carbocycles. The summed E-state index contributed by atoms with van der Waals surface area (Å²) in [5.74, 6) is -0.357. The summed E-state index contributed by atoms with van der Waals surface area (Å²) in [5.41, 5.74) is 1.82. The lowest BCUT2D eigenvalue weighted by molar-refractivity contribution is 0.627. The third kappa shape index (κ3) is 2.97. The molecule has 0 aliphatic rings. The van der Waals surface area contributed by atoms with Crippen LogP contribution in [-0.4, -0.2) is 0 Å². The Hall–Kier alpha value is -2.11. The Morgan fingerprint density at radius 1 is 1.17 bits per heavy atom. The van der Waals surface area contributed by atoms with Crippen molar-refractivity contribution < 1.29 is 4.39 Å². The van der Waals surface area contributed by atoms with E-state index in [1.807, 2.05) is 0 Å². The highest BCUT2D eigenvalue weighted by molar-refractivity contribution is 6.30. The number of nitrogens with zero attached hydrogens (tertiary/aromatic N) is 1. The monoisotopic (exact) mass is 257 g/mol. The van der Waals surface area contributed by atoms with Crippen molar-refractivity contribution in [3.8, 4) is 6.07 Å². The van der Waals surface area contributed by atoms with Gasteiger partial charge in [-0.05, 0) is 41.5 Å². The van der Waals surface area contributed by atoms with Gasteiger partial charge in [-0.1, -0.05) is 35.9 Å². The fraction of sp³-hybridized carbons (Fsp3) is 0. The zero-order valence-electron chi connectivity index (χ0n) is 9.40. The lowest BCUT2D eigenvalue weighted by atomic mass is 10.0. The zero-order chi connectivity index (χ0) is 13.0. The normalized spacial score (nSPS) is 11.1. The van der Waals surface area contributed by atoms with Gasteiger partial charge in [0.25, 0.3) is 0 Å². The van der Waals surface area contributed by atoms with Crippen molar-refractivity contribution in [3.63, 3.8) is 0 Å². The fourth-order valence-corrected chi connectivity index (χ4v) is 1.69. The first-order chi connectivity index (χ1) is 8.69. The standard InChI is InChI=1S/C15H9ClFN/c16-14-6-4-11(5-7-14)8-13(10-18)12-2-1-3-15(17)9-12/h1-9H/b13-8-. The Kier molecular flexibility index (Phi) is 3.76. The molecule has 0 spiro atoms. The molecular formula is C15H9ClFN. The summed E-state index contributed by atoms with van der Waals surface area (Å²) in [5, 5.41) is 9.76. The van der Waals surface area contributed by atoms with Gasteiger partial charge in [-0.15, -0.1) is 0 Å². The van der Waals surface area contributed by atoms with Crippen LogP contribution in [0.3, 0.4) is 0 Å². The van der Waals surface area contributed by atoms with Crippen molar-refractivity contribution in [1.82, 2.24) is 0 Å². The van der Waals surface area contributed by atoms with Gasteiger partial charge in [0, 0.05) is 5.02 Å². The quantitative estimate of drug-likeness (QED) is 0.572. The first kappa shape index (κ1) is 12.3. The Bertz CT molecular complexity index is 624. The molecule has 0 unspecified atom stereocenters. The Morgan fingerprint density at radius 3 is 2.50 bits per heavy atom. The van der Waals surface area contributed by atoms with Gasteiger partial charge in [0.15, 0.2) is 0 Å². The van der Waals surface area contributed by atoms with Crippen molar-refractivity contribution in [2.45, 2.75) is 0 Å². The first-order valence-electron chi connectivity index (χ1n) is 5.32. The minimum atomic E-state index is -0.357. The minimum Gasteiger partial charge on any atom is -0.207 e.